The molecule has 0 aromatic heterocycles. The summed E-state index contributed by atoms with van der Waals surface area (Å²) >= 11 is 0. The minimum Gasteiger partial charge on any atom is -0.207 e. The van der Waals surface area contributed by atoms with E-state index in [0.29, 0.717) is 5.39 Å². The second-order valence-corrected chi connectivity index (χ2v) is 2.75. The van der Waals surface area contributed by atoms with E-state index >= 15 is 0 Å². The van der Waals surface area contributed by atoms with Crippen LogP contribution in [-0.2, 0) is 0 Å². The summed E-state index contributed by atoms with van der Waals surface area (Å²) in [4.78, 5) is 0. The van der Waals surface area contributed by atoms with Crippen LogP contribution in [0.5, 0.6) is 0 Å². The summed E-state index contributed by atoms with van der Waals surface area (Å²) in [6.07, 6.45) is 0. The van der Waals surface area contributed by atoms with Crippen LogP contribution >= 0.6 is 0 Å². The van der Waals surface area contributed by atoms with Crippen molar-refractivity contribution in [3.8, 4) is 0 Å². The molecule has 0 saturated heterocycles. The Bertz CT molecular complexity index is 463. The molecule has 0 atom stereocenters. The van der Waals surface area contributed by atoms with Crippen molar-refractivity contribution >= 4 is 10.8 Å². The topological polar surface area (TPSA) is 0 Å². The van der Waals surface area contributed by atoms with Crippen LogP contribution in [0.3, 0.4) is 0 Å². The average molecular weight is 182 g/mol. The molecule has 0 heterocycles. The van der Waals surface area contributed by atoms with E-state index in [1.807, 2.05) is 0 Å². The van der Waals surface area contributed by atoms with Gasteiger partial charge in [0.1, 0.15) is 17.5 Å². The first-order valence-corrected chi connectivity index (χ1v) is 3.71. The maximum absolute atomic E-state index is 13.0. The summed E-state index contributed by atoms with van der Waals surface area (Å²) in [5.41, 5.74) is 0. The van der Waals surface area contributed by atoms with Crippen LogP contribution in [0.15, 0.2) is 30.3 Å². The summed E-state index contributed by atoms with van der Waals surface area (Å²) < 4.78 is 38.3. The van der Waals surface area contributed by atoms with Crippen LogP contribution in [-0.4, -0.2) is 0 Å². The highest BCUT2D eigenvalue weighted by Gasteiger charge is 2.04. The van der Waals surface area contributed by atoms with E-state index in [1.54, 1.807) is 0 Å². The van der Waals surface area contributed by atoms with E-state index in [1.165, 1.54) is 12.1 Å². The molecule has 0 unspecified atom stereocenters. The highest BCUT2D eigenvalue weighted by atomic mass is 19.1. The highest BCUT2D eigenvalue weighted by Crippen LogP contribution is 2.20. The van der Waals surface area contributed by atoms with Crippen LogP contribution in [0.25, 0.3) is 10.8 Å². The number of benzene rings is 2. The highest BCUT2D eigenvalue weighted by molar-refractivity contribution is 5.83. The predicted molar refractivity (Wildman–Crippen MR) is 43.8 cm³/mol. The van der Waals surface area contributed by atoms with Crippen molar-refractivity contribution < 1.29 is 13.2 Å². The van der Waals surface area contributed by atoms with Crippen LogP contribution < -0.4 is 0 Å². The number of halogens is 3. The van der Waals surface area contributed by atoms with E-state index in [2.05, 4.69) is 0 Å². The molecule has 66 valence electrons. The van der Waals surface area contributed by atoms with Crippen molar-refractivity contribution in [2.45, 2.75) is 0 Å². The molecule has 0 bridgehead atoms. The Morgan fingerprint density at radius 2 is 1.54 bits per heavy atom. The molecule has 0 fully saturated rings. The molecule has 2 aromatic carbocycles. The minimum absolute atomic E-state index is 0.0985. The molecule has 13 heavy (non-hydrogen) atoms. The zero-order valence-electron chi connectivity index (χ0n) is 6.52. The van der Waals surface area contributed by atoms with Crippen LogP contribution in [0, 0.1) is 17.5 Å². The summed E-state index contributed by atoms with van der Waals surface area (Å²) in [7, 11) is 0. The molecule has 0 nitrogen and oxygen atoms in total. The standard InChI is InChI=1S/C10H5F3/c11-7-2-1-6-3-8(12)5-10(13)9(6)4-7/h1-5H. The van der Waals surface area contributed by atoms with Crippen molar-refractivity contribution in [2.75, 3.05) is 0 Å². The molecule has 2 aromatic rings. The average Bonchev–Trinajstić information content (AvgIpc) is 2.06. The largest absolute Gasteiger partial charge is 0.207 e. The van der Waals surface area contributed by atoms with Crippen LogP contribution in [0.2, 0.25) is 0 Å². The quantitative estimate of drug-likeness (QED) is 0.586. The van der Waals surface area contributed by atoms with Gasteiger partial charge in [0.25, 0.3) is 0 Å². The van der Waals surface area contributed by atoms with E-state index in [4.69, 9.17) is 0 Å². The third kappa shape index (κ3) is 1.37. The van der Waals surface area contributed by atoms with E-state index in [-0.39, 0.29) is 5.39 Å². The molecule has 0 saturated carbocycles. The van der Waals surface area contributed by atoms with Gasteiger partial charge >= 0.3 is 0 Å². The fourth-order valence-electron chi connectivity index (χ4n) is 1.25. The lowest BCUT2D eigenvalue weighted by molar-refractivity contribution is 0.589. The van der Waals surface area contributed by atoms with E-state index in [9.17, 15) is 13.2 Å². The fraction of sp³-hybridized carbons (Fsp3) is 0. The van der Waals surface area contributed by atoms with Gasteiger partial charge in [-0.3, -0.25) is 0 Å². The summed E-state index contributed by atoms with van der Waals surface area (Å²) in [6.45, 7) is 0. The second-order valence-electron chi connectivity index (χ2n) is 2.75. The third-order valence-corrected chi connectivity index (χ3v) is 1.83. The molecule has 0 spiro atoms. The summed E-state index contributed by atoms with van der Waals surface area (Å²) in [5, 5.41) is 0.459. The maximum atomic E-state index is 13.0. The maximum Gasteiger partial charge on any atom is 0.134 e. The van der Waals surface area contributed by atoms with Gasteiger partial charge in [-0.15, -0.1) is 0 Å². The van der Waals surface area contributed by atoms with Crippen LogP contribution in [0.4, 0.5) is 13.2 Å². The van der Waals surface area contributed by atoms with Gasteiger partial charge in [0.05, 0.1) is 0 Å². The molecular weight excluding hydrogens is 177 g/mol. The Kier molecular flexibility index (Phi) is 1.72. The van der Waals surface area contributed by atoms with Gasteiger partial charge in [0, 0.05) is 11.5 Å². The normalized spacial score (nSPS) is 10.7. The summed E-state index contributed by atoms with van der Waals surface area (Å²) in [5.74, 6) is -1.93. The second kappa shape index (κ2) is 2.76. The Labute approximate surface area is 72.6 Å². The molecule has 0 N–H and O–H groups in total. The molecule has 0 aliphatic heterocycles. The van der Waals surface area contributed by atoms with Gasteiger partial charge in [-0.2, -0.15) is 0 Å². The van der Waals surface area contributed by atoms with Crippen molar-refractivity contribution in [3.05, 3.63) is 47.8 Å². The van der Waals surface area contributed by atoms with Gasteiger partial charge in [0.2, 0.25) is 0 Å². The first kappa shape index (κ1) is 8.10. The first-order chi connectivity index (χ1) is 6.16. The van der Waals surface area contributed by atoms with Crippen LogP contribution in [0.1, 0.15) is 0 Å². The molecular formula is C10H5F3. The van der Waals surface area contributed by atoms with Crippen molar-refractivity contribution in [1.29, 1.82) is 0 Å². The van der Waals surface area contributed by atoms with Gasteiger partial charge in [-0.05, 0) is 23.6 Å². The van der Waals surface area contributed by atoms with Gasteiger partial charge in [-0.25, -0.2) is 13.2 Å². The lowest BCUT2D eigenvalue weighted by Gasteiger charge is -1.99. The lowest BCUT2D eigenvalue weighted by atomic mass is 10.1. The smallest absolute Gasteiger partial charge is 0.134 e. The first-order valence-electron chi connectivity index (χ1n) is 3.71. The Hall–Kier alpha value is -1.51. The monoisotopic (exact) mass is 182 g/mol. The van der Waals surface area contributed by atoms with Crippen molar-refractivity contribution in [1.82, 2.24) is 0 Å². The molecule has 3 heteroatoms. The zero-order chi connectivity index (χ0) is 9.42. The Balaban J connectivity index is 2.87. The number of fused-ring (bicyclic) bond motifs is 1. The number of rotatable bonds is 0. The van der Waals surface area contributed by atoms with Gasteiger partial charge in [0.15, 0.2) is 0 Å². The Morgan fingerprint density at radius 1 is 0.769 bits per heavy atom. The third-order valence-electron chi connectivity index (χ3n) is 1.83. The molecule has 0 amide bonds. The van der Waals surface area contributed by atoms with Crippen molar-refractivity contribution in [3.63, 3.8) is 0 Å². The fourth-order valence-corrected chi connectivity index (χ4v) is 1.25. The van der Waals surface area contributed by atoms with E-state index in [0.717, 1.165) is 18.2 Å². The molecule has 0 aliphatic carbocycles. The SMILES string of the molecule is Fc1cc(F)c2cc(F)ccc2c1. The summed E-state index contributed by atoms with van der Waals surface area (Å²) in [6, 6.07) is 5.46. The van der Waals surface area contributed by atoms with Gasteiger partial charge in [-0.1, -0.05) is 6.07 Å². The minimum atomic E-state index is -0.741. The number of hydrogen-bond donors (Lipinski definition) is 0. The van der Waals surface area contributed by atoms with E-state index < -0.39 is 17.5 Å². The van der Waals surface area contributed by atoms with Gasteiger partial charge < -0.3 is 0 Å². The molecule has 2 rings (SSSR count). The predicted octanol–water partition coefficient (Wildman–Crippen LogP) is 3.26. The zero-order valence-corrected chi connectivity index (χ0v) is 6.52. The Morgan fingerprint density at radius 3 is 2.31 bits per heavy atom. The van der Waals surface area contributed by atoms with Crippen molar-refractivity contribution in [2.24, 2.45) is 0 Å². The molecule has 0 aliphatic rings. The number of hydrogen-bond acceptors (Lipinski definition) is 0. The lowest BCUT2D eigenvalue weighted by Crippen LogP contribution is -1.84. The molecule has 0 radical (unpaired) electrons.